The number of rotatable bonds is 4. The van der Waals surface area contributed by atoms with E-state index in [1.165, 1.54) is 6.07 Å². The smallest absolute Gasteiger partial charge is 0.256 e. The monoisotopic (exact) mass is 337 g/mol. The summed E-state index contributed by atoms with van der Waals surface area (Å²) in [6.45, 7) is 3.78. The summed E-state index contributed by atoms with van der Waals surface area (Å²) in [6, 6.07) is 3.05. The van der Waals surface area contributed by atoms with Gasteiger partial charge in [0.25, 0.3) is 5.91 Å². The highest BCUT2D eigenvalue weighted by Crippen LogP contribution is 2.19. The van der Waals surface area contributed by atoms with Gasteiger partial charge in [-0.3, -0.25) is 14.5 Å². The molecule has 1 aliphatic heterocycles. The fraction of sp³-hybridized carbons (Fsp3) is 0.529. The van der Waals surface area contributed by atoms with E-state index in [2.05, 4.69) is 5.32 Å². The Morgan fingerprint density at radius 1 is 1.17 bits per heavy atom. The number of amides is 2. The number of hydrogen-bond donors (Lipinski definition) is 1. The van der Waals surface area contributed by atoms with E-state index in [-0.39, 0.29) is 17.5 Å². The molecule has 1 N–H and O–H groups in total. The Kier molecular flexibility index (Phi) is 4.80. The minimum absolute atomic E-state index is 0.0156. The lowest BCUT2D eigenvalue weighted by atomic mass is 10.1. The third-order valence-electron chi connectivity index (χ3n) is 4.61. The number of benzene rings is 1. The van der Waals surface area contributed by atoms with Gasteiger partial charge in [-0.05, 0) is 31.9 Å². The van der Waals surface area contributed by atoms with Crippen LogP contribution in [0.15, 0.2) is 18.2 Å². The zero-order chi connectivity index (χ0) is 17.3. The summed E-state index contributed by atoms with van der Waals surface area (Å²) in [6.07, 6.45) is 2.09. The van der Waals surface area contributed by atoms with Gasteiger partial charge in [0.05, 0.1) is 11.6 Å². The molecule has 3 rings (SSSR count). The van der Waals surface area contributed by atoms with E-state index in [1.54, 1.807) is 4.90 Å². The lowest BCUT2D eigenvalue weighted by molar-refractivity contribution is -0.126. The van der Waals surface area contributed by atoms with Crippen LogP contribution in [0.25, 0.3) is 0 Å². The van der Waals surface area contributed by atoms with Crippen molar-refractivity contribution in [3.63, 3.8) is 0 Å². The van der Waals surface area contributed by atoms with Gasteiger partial charge in [-0.2, -0.15) is 0 Å². The predicted octanol–water partition coefficient (Wildman–Crippen LogP) is 1.39. The van der Waals surface area contributed by atoms with Gasteiger partial charge < -0.3 is 10.2 Å². The summed E-state index contributed by atoms with van der Waals surface area (Å²) in [5, 5.41) is 2.98. The Bertz CT molecular complexity index is 641. The van der Waals surface area contributed by atoms with Crippen molar-refractivity contribution in [1.29, 1.82) is 0 Å². The first kappa shape index (κ1) is 16.8. The Hall–Kier alpha value is -2.02. The molecule has 1 aromatic carbocycles. The van der Waals surface area contributed by atoms with E-state index in [0.29, 0.717) is 38.3 Å². The van der Waals surface area contributed by atoms with Crippen molar-refractivity contribution in [2.75, 3.05) is 26.2 Å². The topological polar surface area (TPSA) is 52.7 Å². The van der Waals surface area contributed by atoms with Crippen LogP contribution < -0.4 is 5.32 Å². The van der Waals surface area contributed by atoms with Crippen LogP contribution >= 0.6 is 0 Å². The molecular weight excluding hydrogens is 316 g/mol. The highest BCUT2D eigenvalue weighted by atomic mass is 19.1. The first-order valence-electron chi connectivity index (χ1n) is 8.24. The number of carbonyl (C=O) groups is 2. The molecule has 2 aliphatic rings. The minimum atomic E-state index is -0.848. The molecule has 1 unspecified atom stereocenters. The lowest BCUT2D eigenvalue weighted by Crippen LogP contribution is -2.55. The van der Waals surface area contributed by atoms with Gasteiger partial charge in [-0.15, -0.1) is 0 Å². The van der Waals surface area contributed by atoms with Crippen LogP contribution in [-0.2, 0) is 4.79 Å². The molecule has 5 nitrogen and oxygen atoms in total. The second kappa shape index (κ2) is 6.84. The van der Waals surface area contributed by atoms with E-state index in [1.807, 2.05) is 11.8 Å². The van der Waals surface area contributed by atoms with E-state index >= 15 is 0 Å². The third-order valence-corrected chi connectivity index (χ3v) is 4.61. The van der Waals surface area contributed by atoms with Crippen LogP contribution in [0.5, 0.6) is 0 Å². The molecule has 7 heteroatoms. The van der Waals surface area contributed by atoms with Gasteiger partial charge in [0, 0.05) is 38.3 Å². The van der Waals surface area contributed by atoms with Crippen molar-refractivity contribution in [2.45, 2.75) is 31.8 Å². The molecule has 0 bridgehead atoms. The average molecular weight is 337 g/mol. The van der Waals surface area contributed by atoms with Crippen LogP contribution in [0.1, 0.15) is 30.1 Å². The maximum Gasteiger partial charge on any atom is 0.256 e. The average Bonchev–Trinajstić information content (AvgIpc) is 3.37. The molecule has 1 saturated carbocycles. The molecule has 1 aromatic rings. The molecule has 1 saturated heterocycles. The molecule has 2 fully saturated rings. The SMILES string of the molecule is CC(C(=O)NC1CC1)N1CCN(C(=O)c2ccc(F)cc2F)CC1. The highest BCUT2D eigenvalue weighted by Gasteiger charge is 2.31. The summed E-state index contributed by atoms with van der Waals surface area (Å²) in [4.78, 5) is 28.0. The molecule has 1 aliphatic carbocycles. The molecule has 0 spiro atoms. The summed E-state index contributed by atoms with van der Waals surface area (Å²) in [7, 11) is 0. The summed E-state index contributed by atoms with van der Waals surface area (Å²) < 4.78 is 26.7. The van der Waals surface area contributed by atoms with Crippen molar-refractivity contribution < 1.29 is 18.4 Å². The van der Waals surface area contributed by atoms with Crippen LogP contribution in [0, 0.1) is 11.6 Å². The van der Waals surface area contributed by atoms with Crippen LogP contribution in [-0.4, -0.2) is 59.9 Å². The quantitative estimate of drug-likeness (QED) is 0.903. The lowest BCUT2D eigenvalue weighted by Gasteiger charge is -2.37. The summed E-state index contributed by atoms with van der Waals surface area (Å²) in [5.41, 5.74) is -0.121. The zero-order valence-corrected chi connectivity index (χ0v) is 13.6. The van der Waals surface area contributed by atoms with Crippen molar-refractivity contribution in [1.82, 2.24) is 15.1 Å². The van der Waals surface area contributed by atoms with Crippen LogP contribution in [0.3, 0.4) is 0 Å². The molecule has 0 radical (unpaired) electrons. The normalized spacial score (nSPS) is 19.9. The van der Waals surface area contributed by atoms with Gasteiger partial charge in [-0.25, -0.2) is 8.78 Å². The molecule has 1 heterocycles. The van der Waals surface area contributed by atoms with E-state index in [0.717, 1.165) is 18.9 Å². The number of piperazine rings is 1. The number of nitrogens with zero attached hydrogens (tertiary/aromatic N) is 2. The molecule has 24 heavy (non-hydrogen) atoms. The maximum absolute atomic E-state index is 13.7. The maximum atomic E-state index is 13.7. The van der Waals surface area contributed by atoms with Gasteiger partial charge in [-0.1, -0.05) is 0 Å². The molecular formula is C17H21F2N3O2. The highest BCUT2D eigenvalue weighted by molar-refractivity contribution is 5.94. The standard InChI is InChI=1S/C17H21F2N3O2/c1-11(16(23)20-13-3-4-13)21-6-8-22(9-7-21)17(24)14-5-2-12(18)10-15(14)19/h2,5,10-11,13H,3-4,6-9H2,1H3,(H,20,23). The number of halogens is 2. The summed E-state index contributed by atoms with van der Waals surface area (Å²) in [5.74, 6) is -1.98. The molecule has 2 amide bonds. The Balaban J connectivity index is 1.56. The van der Waals surface area contributed by atoms with Crippen molar-refractivity contribution in [3.05, 3.63) is 35.4 Å². The Morgan fingerprint density at radius 3 is 2.42 bits per heavy atom. The molecule has 0 aromatic heterocycles. The predicted molar refractivity (Wildman–Crippen MR) is 84.5 cm³/mol. The first-order valence-corrected chi connectivity index (χ1v) is 8.24. The van der Waals surface area contributed by atoms with Gasteiger partial charge in [0.1, 0.15) is 11.6 Å². The molecule has 130 valence electrons. The fourth-order valence-corrected chi connectivity index (χ4v) is 2.86. The number of nitrogens with one attached hydrogen (secondary N) is 1. The molecule has 1 atom stereocenters. The summed E-state index contributed by atoms with van der Waals surface area (Å²) >= 11 is 0. The van der Waals surface area contributed by atoms with Gasteiger partial charge >= 0.3 is 0 Å². The fourth-order valence-electron chi connectivity index (χ4n) is 2.86. The van der Waals surface area contributed by atoms with Gasteiger partial charge in [0.2, 0.25) is 5.91 Å². The van der Waals surface area contributed by atoms with Crippen molar-refractivity contribution in [3.8, 4) is 0 Å². The second-order valence-electron chi connectivity index (χ2n) is 6.41. The van der Waals surface area contributed by atoms with E-state index in [9.17, 15) is 18.4 Å². The van der Waals surface area contributed by atoms with E-state index in [4.69, 9.17) is 0 Å². The van der Waals surface area contributed by atoms with Crippen LogP contribution in [0.2, 0.25) is 0 Å². The number of hydrogen-bond acceptors (Lipinski definition) is 3. The van der Waals surface area contributed by atoms with Crippen LogP contribution in [0.4, 0.5) is 8.78 Å². The second-order valence-corrected chi connectivity index (χ2v) is 6.41. The third kappa shape index (κ3) is 3.72. The Labute approximate surface area is 139 Å². The van der Waals surface area contributed by atoms with E-state index < -0.39 is 17.5 Å². The largest absolute Gasteiger partial charge is 0.352 e. The first-order chi connectivity index (χ1) is 11.5. The Morgan fingerprint density at radius 2 is 1.83 bits per heavy atom. The number of carbonyl (C=O) groups excluding carboxylic acids is 2. The van der Waals surface area contributed by atoms with Gasteiger partial charge in [0.15, 0.2) is 0 Å². The zero-order valence-electron chi connectivity index (χ0n) is 13.6. The van der Waals surface area contributed by atoms with Crippen molar-refractivity contribution >= 4 is 11.8 Å². The minimum Gasteiger partial charge on any atom is -0.352 e. The van der Waals surface area contributed by atoms with Crippen molar-refractivity contribution in [2.24, 2.45) is 0 Å².